The quantitative estimate of drug-likeness (QED) is 0.763. The van der Waals surface area contributed by atoms with Crippen LogP contribution in [0.2, 0.25) is 5.02 Å². The predicted octanol–water partition coefficient (Wildman–Crippen LogP) is 5.19. The van der Waals surface area contributed by atoms with Crippen molar-refractivity contribution in [3.63, 3.8) is 0 Å². The van der Waals surface area contributed by atoms with Crippen LogP contribution in [0.3, 0.4) is 0 Å². The number of ether oxygens (including phenoxy) is 1. The molecule has 1 aliphatic heterocycles. The first-order valence-electron chi connectivity index (χ1n) is 7.12. The van der Waals surface area contributed by atoms with Crippen molar-refractivity contribution >= 4 is 38.9 Å². The summed E-state index contributed by atoms with van der Waals surface area (Å²) in [5.74, 6) is 1.01. The van der Waals surface area contributed by atoms with Crippen LogP contribution in [-0.4, -0.2) is 13.2 Å². The maximum Gasteiger partial charge on any atom is 0.127 e. The zero-order chi connectivity index (χ0) is 14.8. The van der Waals surface area contributed by atoms with Crippen LogP contribution in [-0.2, 0) is 6.42 Å². The van der Waals surface area contributed by atoms with Crippen LogP contribution < -0.4 is 10.1 Å². The normalized spacial score (nSPS) is 14.8. The van der Waals surface area contributed by atoms with E-state index in [-0.39, 0.29) is 6.04 Å². The molecule has 1 aromatic carbocycles. The number of fused-ring (bicyclic) bond motifs is 1. The molecule has 1 aromatic heterocycles. The van der Waals surface area contributed by atoms with E-state index in [2.05, 4.69) is 40.3 Å². The van der Waals surface area contributed by atoms with E-state index in [1.54, 1.807) is 11.3 Å². The second-order valence-corrected chi connectivity index (χ2v) is 8.04. The Hall–Kier alpha value is -0.550. The fraction of sp³-hybridized carbons (Fsp3) is 0.375. The number of thiophene rings is 1. The van der Waals surface area contributed by atoms with Crippen LogP contribution in [0, 0.1) is 0 Å². The van der Waals surface area contributed by atoms with Gasteiger partial charge in [0.1, 0.15) is 5.75 Å². The third kappa shape index (κ3) is 3.29. The van der Waals surface area contributed by atoms with Gasteiger partial charge in [-0.25, -0.2) is 0 Å². The summed E-state index contributed by atoms with van der Waals surface area (Å²) in [6, 6.07) is 8.43. The molecule has 0 fully saturated rings. The summed E-state index contributed by atoms with van der Waals surface area (Å²) in [5, 5.41) is 4.41. The topological polar surface area (TPSA) is 21.3 Å². The highest BCUT2D eigenvalue weighted by Crippen LogP contribution is 2.40. The molecule has 1 atom stereocenters. The van der Waals surface area contributed by atoms with Gasteiger partial charge in [-0.3, -0.25) is 0 Å². The molecule has 1 N–H and O–H groups in total. The summed E-state index contributed by atoms with van der Waals surface area (Å²) in [6.07, 6.45) is 2.03. The summed E-state index contributed by atoms with van der Waals surface area (Å²) in [4.78, 5) is 1.27. The molecule has 0 saturated heterocycles. The van der Waals surface area contributed by atoms with E-state index in [9.17, 15) is 0 Å². The van der Waals surface area contributed by atoms with Crippen LogP contribution in [0.4, 0.5) is 0 Å². The van der Waals surface area contributed by atoms with Gasteiger partial charge in [-0.1, -0.05) is 18.5 Å². The zero-order valence-corrected chi connectivity index (χ0v) is 14.9. The molecular formula is C16H17BrClNOS. The van der Waals surface area contributed by atoms with Crippen LogP contribution in [0.25, 0.3) is 0 Å². The van der Waals surface area contributed by atoms with Crippen LogP contribution >= 0.6 is 38.9 Å². The van der Waals surface area contributed by atoms with Gasteiger partial charge in [0, 0.05) is 21.9 Å². The minimum Gasteiger partial charge on any atom is -0.493 e. The molecule has 21 heavy (non-hydrogen) atoms. The number of rotatable bonds is 5. The molecule has 0 saturated carbocycles. The minimum absolute atomic E-state index is 0.131. The van der Waals surface area contributed by atoms with Crippen molar-refractivity contribution < 1.29 is 4.74 Å². The maximum atomic E-state index is 6.31. The lowest BCUT2D eigenvalue weighted by Gasteiger charge is -2.20. The Bertz CT molecular complexity index is 643. The molecule has 2 aromatic rings. The molecule has 0 bridgehead atoms. The Morgan fingerprint density at radius 2 is 2.29 bits per heavy atom. The maximum absolute atomic E-state index is 6.31. The van der Waals surface area contributed by atoms with Crippen molar-refractivity contribution in [3.05, 3.63) is 49.1 Å². The lowest BCUT2D eigenvalue weighted by atomic mass is 10.0. The van der Waals surface area contributed by atoms with Crippen molar-refractivity contribution in [2.75, 3.05) is 13.2 Å². The molecule has 112 valence electrons. The van der Waals surface area contributed by atoms with Gasteiger partial charge < -0.3 is 10.1 Å². The number of nitrogens with one attached hydrogen (secondary N) is 1. The summed E-state index contributed by atoms with van der Waals surface area (Å²) in [6.45, 7) is 3.88. The Kier molecular flexibility index (Phi) is 4.89. The highest BCUT2D eigenvalue weighted by Gasteiger charge is 2.25. The van der Waals surface area contributed by atoms with E-state index in [0.29, 0.717) is 0 Å². The highest BCUT2D eigenvalue weighted by atomic mass is 79.9. The van der Waals surface area contributed by atoms with Crippen molar-refractivity contribution in [1.82, 2.24) is 5.32 Å². The fourth-order valence-corrected chi connectivity index (χ4v) is 4.42. The van der Waals surface area contributed by atoms with Gasteiger partial charge in [0.15, 0.2) is 0 Å². The Balaban J connectivity index is 2.04. The SMILES string of the molecule is CCCNC(c1ccc(Br)s1)c1cc(Cl)cc2c1OCC2. The van der Waals surface area contributed by atoms with Crippen LogP contribution in [0.5, 0.6) is 5.75 Å². The van der Waals surface area contributed by atoms with E-state index in [1.807, 2.05) is 12.1 Å². The summed E-state index contributed by atoms with van der Waals surface area (Å²) >= 11 is 11.6. The lowest BCUT2D eigenvalue weighted by Crippen LogP contribution is -2.23. The van der Waals surface area contributed by atoms with Gasteiger partial charge in [-0.2, -0.15) is 0 Å². The standard InChI is InChI=1S/C16H17BrClNOS/c1-2-6-19-15(13-3-4-14(17)21-13)12-9-11(18)8-10-5-7-20-16(10)12/h3-4,8-9,15,19H,2,5-7H2,1H3. The largest absolute Gasteiger partial charge is 0.493 e. The van der Waals surface area contributed by atoms with E-state index in [0.717, 1.165) is 46.1 Å². The van der Waals surface area contributed by atoms with Crippen LogP contribution in [0.1, 0.15) is 35.4 Å². The summed E-state index contributed by atoms with van der Waals surface area (Å²) in [7, 11) is 0. The third-order valence-electron chi connectivity index (χ3n) is 3.57. The van der Waals surface area contributed by atoms with Crippen molar-refractivity contribution in [1.29, 1.82) is 0 Å². The Morgan fingerprint density at radius 3 is 3.00 bits per heavy atom. The fourth-order valence-electron chi connectivity index (χ4n) is 2.65. The van der Waals surface area contributed by atoms with Gasteiger partial charge in [-0.05, 0) is 58.7 Å². The molecule has 1 unspecified atom stereocenters. The van der Waals surface area contributed by atoms with Crippen molar-refractivity contribution in [3.8, 4) is 5.75 Å². The third-order valence-corrected chi connectivity index (χ3v) is 5.47. The van der Waals surface area contributed by atoms with Gasteiger partial charge in [0.05, 0.1) is 16.4 Å². The Morgan fingerprint density at radius 1 is 1.43 bits per heavy atom. The van der Waals surface area contributed by atoms with Crippen LogP contribution in [0.15, 0.2) is 28.1 Å². The molecule has 0 aliphatic carbocycles. The molecule has 5 heteroatoms. The van der Waals surface area contributed by atoms with E-state index in [4.69, 9.17) is 16.3 Å². The number of hydrogen-bond acceptors (Lipinski definition) is 3. The first-order chi connectivity index (χ1) is 10.2. The van der Waals surface area contributed by atoms with Crippen molar-refractivity contribution in [2.45, 2.75) is 25.8 Å². The monoisotopic (exact) mass is 385 g/mol. The van der Waals surface area contributed by atoms with Gasteiger partial charge in [-0.15, -0.1) is 11.3 Å². The van der Waals surface area contributed by atoms with Gasteiger partial charge in [0.25, 0.3) is 0 Å². The van der Waals surface area contributed by atoms with E-state index >= 15 is 0 Å². The zero-order valence-electron chi connectivity index (χ0n) is 11.8. The van der Waals surface area contributed by atoms with E-state index in [1.165, 1.54) is 10.4 Å². The predicted molar refractivity (Wildman–Crippen MR) is 92.8 cm³/mol. The number of benzene rings is 1. The van der Waals surface area contributed by atoms with Gasteiger partial charge >= 0.3 is 0 Å². The van der Waals surface area contributed by atoms with E-state index < -0.39 is 0 Å². The average molecular weight is 387 g/mol. The summed E-state index contributed by atoms with van der Waals surface area (Å²) < 4.78 is 7.01. The second kappa shape index (κ2) is 6.69. The lowest BCUT2D eigenvalue weighted by molar-refractivity contribution is 0.350. The first-order valence-corrected chi connectivity index (χ1v) is 9.11. The molecule has 0 amide bonds. The second-order valence-electron chi connectivity index (χ2n) is 5.11. The molecule has 0 radical (unpaired) electrons. The molecule has 1 aliphatic rings. The number of hydrogen-bond donors (Lipinski definition) is 1. The molecule has 2 heterocycles. The van der Waals surface area contributed by atoms with Crippen molar-refractivity contribution in [2.24, 2.45) is 0 Å². The Labute approximate surface area is 142 Å². The molecule has 3 rings (SSSR count). The summed E-state index contributed by atoms with van der Waals surface area (Å²) in [5.41, 5.74) is 2.37. The van der Waals surface area contributed by atoms with Gasteiger partial charge in [0.2, 0.25) is 0 Å². The molecule has 2 nitrogen and oxygen atoms in total. The number of halogens is 2. The smallest absolute Gasteiger partial charge is 0.127 e. The first kappa shape index (κ1) is 15.3. The minimum atomic E-state index is 0.131. The molecule has 0 spiro atoms. The highest BCUT2D eigenvalue weighted by molar-refractivity contribution is 9.11. The average Bonchev–Trinajstić information content (AvgIpc) is 3.08. The molecular weight excluding hydrogens is 370 g/mol.